The van der Waals surface area contributed by atoms with Crippen LogP contribution in [0.1, 0.15) is 26.7 Å². The van der Waals surface area contributed by atoms with Gasteiger partial charge in [-0.3, -0.25) is 4.79 Å². The SMILES string of the molecule is CN1CCC(NC(=O)NCC(C)(C)C(=O)O)CC1. The van der Waals surface area contributed by atoms with Gasteiger partial charge in [-0.15, -0.1) is 0 Å². The van der Waals surface area contributed by atoms with Crippen molar-refractivity contribution >= 4 is 12.0 Å². The molecule has 6 heteroatoms. The predicted molar refractivity (Wildman–Crippen MR) is 68.5 cm³/mol. The zero-order valence-corrected chi connectivity index (χ0v) is 11.3. The number of nitrogens with one attached hydrogen (secondary N) is 2. The molecule has 1 rings (SSSR count). The lowest BCUT2D eigenvalue weighted by Gasteiger charge is -2.29. The average Bonchev–Trinajstić information content (AvgIpc) is 2.29. The van der Waals surface area contributed by atoms with Gasteiger partial charge in [-0.1, -0.05) is 0 Å². The molecule has 0 aromatic heterocycles. The molecule has 0 unspecified atom stereocenters. The van der Waals surface area contributed by atoms with Gasteiger partial charge in [0.25, 0.3) is 0 Å². The fourth-order valence-electron chi connectivity index (χ4n) is 1.77. The number of carbonyl (C=O) groups excluding carboxylic acids is 1. The van der Waals surface area contributed by atoms with Crippen LogP contribution in [0.15, 0.2) is 0 Å². The number of piperidine rings is 1. The van der Waals surface area contributed by atoms with Crippen molar-refractivity contribution in [2.45, 2.75) is 32.7 Å². The van der Waals surface area contributed by atoms with E-state index in [1.165, 1.54) is 0 Å². The Bertz CT molecular complexity index is 310. The summed E-state index contributed by atoms with van der Waals surface area (Å²) in [6, 6.07) is -0.0898. The molecule has 1 heterocycles. The molecule has 0 aromatic carbocycles. The second kappa shape index (κ2) is 6.04. The van der Waals surface area contributed by atoms with Gasteiger partial charge >= 0.3 is 12.0 Å². The van der Waals surface area contributed by atoms with E-state index < -0.39 is 11.4 Å². The third kappa shape index (κ3) is 4.52. The van der Waals surface area contributed by atoms with E-state index in [1.54, 1.807) is 13.8 Å². The Morgan fingerprint density at radius 2 is 1.89 bits per heavy atom. The number of hydrogen-bond donors (Lipinski definition) is 3. The highest BCUT2D eigenvalue weighted by Gasteiger charge is 2.28. The molecule has 1 saturated heterocycles. The van der Waals surface area contributed by atoms with E-state index in [-0.39, 0.29) is 18.6 Å². The Morgan fingerprint density at radius 3 is 2.39 bits per heavy atom. The van der Waals surface area contributed by atoms with Crippen molar-refractivity contribution in [1.82, 2.24) is 15.5 Å². The molecule has 0 spiro atoms. The molecule has 18 heavy (non-hydrogen) atoms. The fraction of sp³-hybridized carbons (Fsp3) is 0.833. The van der Waals surface area contributed by atoms with Gasteiger partial charge in [-0.05, 0) is 46.8 Å². The lowest BCUT2D eigenvalue weighted by atomic mass is 9.94. The number of hydrogen-bond acceptors (Lipinski definition) is 3. The third-order valence-electron chi connectivity index (χ3n) is 3.32. The first-order chi connectivity index (χ1) is 8.31. The summed E-state index contributed by atoms with van der Waals surface area (Å²) in [6.45, 7) is 5.26. The standard InChI is InChI=1S/C12H23N3O3/c1-12(2,10(16)17)8-13-11(18)14-9-4-6-15(3)7-5-9/h9H,4-8H2,1-3H3,(H,16,17)(H2,13,14,18). The van der Waals surface area contributed by atoms with Crippen LogP contribution in [0.25, 0.3) is 0 Å². The number of aliphatic carboxylic acids is 1. The van der Waals surface area contributed by atoms with Gasteiger partial charge in [0.1, 0.15) is 0 Å². The van der Waals surface area contributed by atoms with Crippen LogP contribution in [0.3, 0.4) is 0 Å². The molecule has 1 fully saturated rings. The average molecular weight is 257 g/mol. The Morgan fingerprint density at radius 1 is 1.33 bits per heavy atom. The molecule has 2 amide bonds. The monoisotopic (exact) mass is 257 g/mol. The van der Waals surface area contributed by atoms with E-state index in [0.29, 0.717) is 0 Å². The van der Waals surface area contributed by atoms with Crippen LogP contribution in [0.2, 0.25) is 0 Å². The maximum atomic E-state index is 11.6. The van der Waals surface area contributed by atoms with Crippen LogP contribution in [0, 0.1) is 5.41 Å². The molecule has 0 aliphatic carbocycles. The first-order valence-electron chi connectivity index (χ1n) is 6.27. The fourth-order valence-corrected chi connectivity index (χ4v) is 1.77. The number of carboxylic acid groups (broad SMARTS) is 1. The molecule has 3 N–H and O–H groups in total. The largest absolute Gasteiger partial charge is 0.481 e. The lowest BCUT2D eigenvalue weighted by Crippen LogP contribution is -2.49. The van der Waals surface area contributed by atoms with E-state index in [9.17, 15) is 9.59 Å². The van der Waals surface area contributed by atoms with Crippen LogP contribution >= 0.6 is 0 Å². The van der Waals surface area contributed by atoms with Crippen LogP contribution in [-0.2, 0) is 4.79 Å². The van der Waals surface area contributed by atoms with Crippen molar-refractivity contribution in [2.24, 2.45) is 5.41 Å². The molecule has 0 aromatic rings. The summed E-state index contributed by atoms with van der Waals surface area (Å²) >= 11 is 0. The molecule has 6 nitrogen and oxygen atoms in total. The maximum absolute atomic E-state index is 11.6. The molecule has 0 saturated carbocycles. The normalized spacial score (nSPS) is 18.4. The Hall–Kier alpha value is -1.30. The number of amides is 2. The van der Waals surface area contributed by atoms with Gasteiger partial charge < -0.3 is 20.6 Å². The van der Waals surface area contributed by atoms with Crippen molar-refractivity contribution in [2.75, 3.05) is 26.7 Å². The zero-order valence-electron chi connectivity index (χ0n) is 11.3. The number of nitrogens with zero attached hydrogens (tertiary/aromatic N) is 1. The Balaban J connectivity index is 2.28. The van der Waals surface area contributed by atoms with E-state index in [0.717, 1.165) is 25.9 Å². The minimum atomic E-state index is -0.940. The summed E-state index contributed by atoms with van der Waals surface area (Å²) in [5.74, 6) is -0.915. The Kier molecular flexibility index (Phi) is 4.95. The molecule has 1 aliphatic heterocycles. The van der Waals surface area contributed by atoms with Crippen molar-refractivity contribution in [3.05, 3.63) is 0 Å². The maximum Gasteiger partial charge on any atom is 0.315 e. The summed E-state index contributed by atoms with van der Waals surface area (Å²) in [5.41, 5.74) is -0.940. The zero-order chi connectivity index (χ0) is 13.8. The third-order valence-corrected chi connectivity index (χ3v) is 3.32. The highest BCUT2D eigenvalue weighted by Crippen LogP contribution is 2.13. The lowest BCUT2D eigenvalue weighted by molar-refractivity contribution is -0.146. The number of urea groups is 1. The number of rotatable bonds is 4. The summed E-state index contributed by atoms with van der Waals surface area (Å²) in [5, 5.41) is 14.4. The minimum Gasteiger partial charge on any atom is -0.481 e. The minimum absolute atomic E-state index is 0.126. The first kappa shape index (κ1) is 14.8. The first-order valence-corrected chi connectivity index (χ1v) is 6.27. The quantitative estimate of drug-likeness (QED) is 0.684. The molecular formula is C12H23N3O3. The van der Waals surface area contributed by atoms with Crippen LogP contribution in [-0.4, -0.2) is 54.7 Å². The number of carbonyl (C=O) groups is 2. The molecule has 0 radical (unpaired) electrons. The molecule has 0 atom stereocenters. The second-order valence-electron chi connectivity index (χ2n) is 5.59. The second-order valence-corrected chi connectivity index (χ2v) is 5.59. The summed E-state index contributed by atoms with van der Waals surface area (Å²) in [7, 11) is 2.06. The molecular weight excluding hydrogens is 234 g/mol. The van der Waals surface area contributed by atoms with Gasteiger partial charge in [-0.25, -0.2) is 4.79 Å². The van der Waals surface area contributed by atoms with Crippen LogP contribution in [0.4, 0.5) is 4.79 Å². The molecule has 1 aliphatic rings. The van der Waals surface area contributed by atoms with Gasteiger partial charge in [0.2, 0.25) is 0 Å². The van der Waals surface area contributed by atoms with Crippen LogP contribution < -0.4 is 10.6 Å². The van der Waals surface area contributed by atoms with Gasteiger partial charge in [-0.2, -0.15) is 0 Å². The Labute approximate surface area is 108 Å². The van der Waals surface area contributed by atoms with E-state index in [1.807, 2.05) is 0 Å². The molecule has 0 bridgehead atoms. The summed E-state index contributed by atoms with van der Waals surface area (Å²) < 4.78 is 0. The van der Waals surface area contributed by atoms with Crippen LogP contribution in [0.5, 0.6) is 0 Å². The summed E-state index contributed by atoms with van der Waals surface area (Å²) in [4.78, 5) is 24.7. The predicted octanol–water partition coefficient (Wildman–Crippen LogP) is 0.491. The molecule has 104 valence electrons. The van der Waals surface area contributed by atoms with E-state index in [2.05, 4.69) is 22.6 Å². The topological polar surface area (TPSA) is 81.7 Å². The van der Waals surface area contributed by atoms with E-state index in [4.69, 9.17) is 5.11 Å². The van der Waals surface area contributed by atoms with Crippen molar-refractivity contribution in [1.29, 1.82) is 0 Å². The van der Waals surface area contributed by atoms with Crippen molar-refractivity contribution in [3.8, 4) is 0 Å². The summed E-state index contributed by atoms with van der Waals surface area (Å²) in [6.07, 6.45) is 1.87. The van der Waals surface area contributed by atoms with Gasteiger partial charge in [0.05, 0.1) is 5.41 Å². The van der Waals surface area contributed by atoms with Crippen molar-refractivity contribution < 1.29 is 14.7 Å². The number of carboxylic acids is 1. The van der Waals surface area contributed by atoms with Crippen molar-refractivity contribution in [3.63, 3.8) is 0 Å². The highest BCUT2D eigenvalue weighted by atomic mass is 16.4. The van der Waals surface area contributed by atoms with Gasteiger partial charge in [0, 0.05) is 12.6 Å². The number of likely N-dealkylation sites (tertiary alicyclic amines) is 1. The van der Waals surface area contributed by atoms with E-state index >= 15 is 0 Å². The highest BCUT2D eigenvalue weighted by molar-refractivity contribution is 5.77. The smallest absolute Gasteiger partial charge is 0.315 e. The van der Waals surface area contributed by atoms with Gasteiger partial charge in [0.15, 0.2) is 0 Å².